The molecule has 5 nitrogen and oxygen atoms in total. The zero-order chi connectivity index (χ0) is 20.9. The van der Waals surface area contributed by atoms with Crippen LogP contribution in [0.15, 0.2) is 42.5 Å². The lowest BCUT2D eigenvalue weighted by Gasteiger charge is -2.25. The third-order valence-electron chi connectivity index (χ3n) is 3.86. The van der Waals surface area contributed by atoms with Crippen molar-refractivity contribution in [2.24, 2.45) is 5.92 Å². The number of benzene rings is 2. The zero-order valence-electron chi connectivity index (χ0n) is 16.0. The van der Waals surface area contributed by atoms with E-state index in [1.54, 1.807) is 47.4 Å². The van der Waals surface area contributed by atoms with E-state index in [0.29, 0.717) is 28.7 Å². The Morgan fingerprint density at radius 3 is 2.14 bits per heavy atom. The van der Waals surface area contributed by atoms with E-state index in [9.17, 15) is 13.2 Å². The Morgan fingerprint density at radius 1 is 1.07 bits per heavy atom. The average molecular weight is 444 g/mol. The van der Waals surface area contributed by atoms with Crippen LogP contribution >= 0.6 is 23.2 Å². The van der Waals surface area contributed by atoms with Crippen molar-refractivity contribution < 1.29 is 17.4 Å². The van der Waals surface area contributed by atoms with Gasteiger partial charge in [-0.05, 0) is 48.7 Å². The zero-order valence-corrected chi connectivity index (χ0v) is 18.3. The van der Waals surface area contributed by atoms with Crippen molar-refractivity contribution in [2.45, 2.75) is 27.3 Å². The molecule has 8 heteroatoms. The normalized spacial score (nSPS) is 11.5. The van der Waals surface area contributed by atoms with Crippen LogP contribution in [-0.2, 0) is 16.7 Å². The molecule has 0 saturated heterocycles. The average Bonchev–Trinajstić information content (AvgIpc) is 2.60. The lowest BCUT2D eigenvalue weighted by atomic mass is 10.1. The fraction of sp³-hybridized carbons (Fsp3) is 0.350. The van der Waals surface area contributed by atoms with Crippen LogP contribution in [0.25, 0.3) is 0 Å². The summed E-state index contributed by atoms with van der Waals surface area (Å²) in [5, 5.41) is 0.804. The number of nitrogens with zero attached hydrogens (tertiary/aromatic N) is 1. The van der Waals surface area contributed by atoms with Crippen molar-refractivity contribution in [1.29, 1.82) is 0 Å². The Bertz CT molecular complexity index is 907. The topological polar surface area (TPSA) is 63.7 Å². The molecule has 0 N–H and O–H groups in total. The van der Waals surface area contributed by atoms with E-state index in [0.717, 1.165) is 5.56 Å². The second kappa shape index (κ2) is 9.63. The van der Waals surface area contributed by atoms with Gasteiger partial charge in [0.15, 0.2) is 0 Å². The van der Waals surface area contributed by atoms with Crippen molar-refractivity contribution in [3.05, 3.63) is 63.6 Å². The molecule has 0 spiro atoms. The van der Waals surface area contributed by atoms with Gasteiger partial charge in [0.2, 0.25) is 0 Å². The molecule has 2 rings (SSSR count). The minimum absolute atomic E-state index is 0.104. The van der Waals surface area contributed by atoms with Gasteiger partial charge in [-0.15, -0.1) is 0 Å². The van der Waals surface area contributed by atoms with Crippen LogP contribution < -0.4 is 4.18 Å². The number of rotatable bonds is 8. The van der Waals surface area contributed by atoms with Gasteiger partial charge in [0, 0.05) is 28.7 Å². The van der Waals surface area contributed by atoms with E-state index >= 15 is 0 Å². The van der Waals surface area contributed by atoms with Gasteiger partial charge in [-0.1, -0.05) is 49.2 Å². The van der Waals surface area contributed by atoms with E-state index < -0.39 is 10.1 Å². The molecule has 0 saturated carbocycles. The Kier molecular flexibility index (Phi) is 7.75. The van der Waals surface area contributed by atoms with Gasteiger partial charge in [-0.25, -0.2) is 0 Å². The first kappa shape index (κ1) is 22.5. The maximum Gasteiger partial charge on any atom is 0.308 e. The van der Waals surface area contributed by atoms with Gasteiger partial charge in [0.1, 0.15) is 5.75 Å². The molecule has 152 valence electrons. The molecule has 0 atom stereocenters. The molecule has 2 aromatic carbocycles. The smallest absolute Gasteiger partial charge is 0.308 e. The van der Waals surface area contributed by atoms with Crippen LogP contribution in [0.2, 0.25) is 10.0 Å². The molecule has 0 unspecified atom stereocenters. The maximum atomic E-state index is 13.0. The first-order valence-corrected chi connectivity index (χ1v) is 11.2. The summed E-state index contributed by atoms with van der Waals surface area (Å²) in [5.41, 5.74) is 1.27. The van der Waals surface area contributed by atoms with Crippen LogP contribution in [0, 0.1) is 5.92 Å². The highest BCUT2D eigenvalue weighted by molar-refractivity contribution is 7.87. The quantitative estimate of drug-likeness (QED) is 0.537. The Balaban J connectivity index is 2.21. The van der Waals surface area contributed by atoms with Crippen LogP contribution in [-0.4, -0.2) is 31.5 Å². The predicted octanol–water partition coefficient (Wildman–Crippen LogP) is 5.02. The molecular weight excluding hydrogens is 421 g/mol. The van der Waals surface area contributed by atoms with Crippen molar-refractivity contribution in [1.82, 2.24) is 4.90 Å². The fourth-order valence-corrected chi connectivity index (χ4v) is 3.64. The SMILES string of the molecule is CCS(=O)(=O)Oc1ccc(CN(CC(C)C)C(=O)c2cc(Cl)cc(Cl)c2)cc1. The largest absolute Gasteiger partial charge is 0.382 e. The number of hydrogen-bond acceptors (Lipinski definition) is 4. The molecule has 0 heterocycles. The Labute approximate surface area is 176 Å². The van der Waals surface area contributed by atoms with Gasteiger partial charge in [-0.2, -0.15) is 8.42 Å². The van der Waals surface area contributed by atoms with E-state index in [2.05, 4.69) is 0 Å². The van der Waals surface area contributed by atoms with Gasteiger partial charge < -0.3 is 9.08 Å². The number of halogens is 2. The predicted molar refractivity (Wildman–Crippen MR) is 113 cm³/mol. The van der Waals surface area contributed by atoms with Gasteiger partial charge >= 0.3 is 10.1 Å². The molecule has 0 radical (unpaired) electrons. The molecule has 2 aromatic rings. The number of hydrogen-bond donors (Lipinski definition) is 0. The third-order valence-corrected chi connectivity index (χ3v) is 5.45. The van der Waals surface area contributed by atoms with Crippen LogP contribution in [0.4, 0.5) is 0 Å². The summed E-state index contributed by atoms with van der Waals surface area (Å²) in [5.74, 6) is 0.227. The summed E-state index contributed by atoms with van der Waals surface area (Å²) in [4.78, 5) is 14.7. The van der Waals surface area contributed by atoms with Crippen LogP contribution in [0.5, 0.6) is 5.75 Å². The molecular formula is C20H23Cl2NO4S. The van der Waals surface area contributed by atoms with Crippen molar-refractivity contribution in [3.63, 3.8) is 0 Å². The van der Waals surface area contributed by atoms with E-state index in [-0.39, 0.29) is 23.3 Å². The second-order valence-electron chi connectivity index (χ2n) is 6.81. The van der Waals surface area contributed by atoms with Gasteiger partial charge in [0.25, 0.3) is 5.91 Å². The molecule has 28 heavy (non-hydrogen) atoms. The molecule has 0 fully saturated rings. The molecule has 0 aliphatic carbocycles. The molecule has 1 amide bonds. The summed E-state index contributed by atoms with van der Waals surface area (Å²) in [6, 6.07) is 11.4. The summed E-state index contributed by atoms with van der Waals surface area (Å²) in [6.07, 6.45) is 0. The number of carbonyl (C=O) groups excluding carboxylic acids is 1. The molecule has 0 aromatic heterocycles. The van der Waals surface area contributed by atoms with Crippen molar-refractivity contribution in [2.75, 3.05) is 12.3 Å². The minimum atomic E-state index is -3.57. The third kappa shape index (κ3) is 6.69. The van der Waals surface area contributed by atoms with Crippen LogP contribution in [0.3, 0.4) is 0 Å². The highest BCUT2D eigenvalue weighted by atomic mass is 35.5. The number of carbonyl (C=O) groups is 1. The summed E-state index contributed by atoms with van der Waals surface area (Å²) in [7, 11) is -3.57. The number of amides is 1. The van der Waals surface area contributed by atoms with Crippen molar-refractivity contribution in [3.8, 4) is 5.75 Å². The molecule has 0 bridgehead atoms. The Morgan fingerprint density at radius 2 is 1.64 bits per heavy atom. The lowest BCUT2D eigenvalue weighted by Crippen LogP contribution is -2.33. The van der Waals surface area contributed by atoms with E-state index in [1.165, 1.54) is 6.92 Å². The van der Waals surface area contributed by atoms with Gasteiger partial charge in [0.05, 0.1) is 5.75 Å². The monoisotopic (exact) mass is 443 g/mol. The summed E-state index contributed by atoms with van der Waals surface area (Å²) in [6.45, 7) is 6.48. The van der Waals surface area contributed by atoms with E-state index in [4.69, 9.17) is 27.4 Å². The first-order chi connectivity index (χ1) is 13.1. The van der Waals surface area contributed by atoms with Crippen LogP contribution in [0.1, 0.15) is 36.7 Å². The first-order valence-electron chi connectivity index (χ1n) is 8.86. The molecule has 0 aliphatic heterocycles. The highest BCUT2D eigenvalue weighted by Crippen LogP contribution is 2.22. The Hall–Kier alpha value is -1.76. The van der Waals surface area contributed by atoms with E-state index in [1.807, 2.05) is 13.8 Å². The summed E-state index contributed by atoms with van der Waals surface area (Å²) >= 11 is 12.1. The highest BCUT2D eigenvalue weighted by Gasteiger charge is 2.19. The van der Waals surface area contributed by atoms with Crippen molar-refractivity contribution >= 4 is 39.2 Å². The van der Waals surface area contributed by atoms with Gasteiger partial charge in [-0.3, -0.25) is 4.79 Å². The minimum Gasteiger partial charge on any atom is -0.382 e. The molecule has 0 aliphatic rings. The fourth-order valence-electron chi connectivity index (χ4n) is 2.60. The standard InChI is InChI=1S/C20H23Cl2NO4S/c1-4-28(25,26)27-19-7-5-15(6-8-19)13-23(12-14(2)3)20(24)16-9-17(21)11-18(22)10-16/h5-11,14H,4,12-13H2,1-3H3. The lowest BCUT2D eigenvalue weighted by molar-refractivity contribution is 0.0722. The maximum absolute atomic E-state index is 13.0. The summed E-state index contributed by atoms with van der Waals surface area (Å²) < 4.78 is 28.1. The second-order valence-corrected chi connectivity index (χ2v) is 9.54.